The van der Waals surface area contributed by atoms with Gasteiger partial charge in [0.15, 0.2) is 0 Å². The molecule has 0 amide bonds. The van der Waals surface area contributed by atoms with Crippen LogP contribution in [-0.4, -0.2) is 42.2 Å². The summed E-state index contributed by atoms with van der Waals surface area (Å²) < 4.78 is 7.39. The van der Waals surface area contributed by atoms with Gasteiger partial charge < -0.3 is 10.1 Å². The van der Waals surface area contributed by atoms with Gasteiger partial charge >= 0.3 is 0 Å². The molecule has 1 aromatic rings. The molecule has 1 N–H and O–H groups in total. The molecule has 0 saturated carbocycles. The fourth-order valence-electron chi connectivity index (χ4n) is 1.94. The Balaban J connectivity index is 2.01. The summed E-state index contributed by atoms with van der Waals surface area (Å²) in [6, 6.07) is 0.331. The maximum absolute atomic E-state index is 5.45. The molecule has 98 valence electrons. The summed E-state index contributed by atoms with van der Waals surface area (Å²) in [5.41, 5.74) is 0.875. The largest absolute Gasteiger partial charge is 0.379 e. The maximum Gasteiger partial charge on any atom is 0.221 e. The SMILES string of the molecule is C=NC(=NCC)Nc1cnn(C2CCCOC2)c1. The molecule has 1 unspecified atom stereocenters. The molecule has 1 aromatic heterocycles. The normalized spacial score (nSPS) is 20.7. The standard InChI is InChI=1S/C12H19N5O/c1-3-14-12(13-2)16-10-7-15-17(8-10)11-5-4-6-18-9-11/h7-8,11H,2-6,9H2,1H3,(H,14,16). The topological polar surface area (TPSA) is 63.8 Å². The summed E-state index contributed by atoms with van der Waals surface area (Å²) in [6.07, 6.45) is 5.92. The highest BCUT2D eigenvalue weighted by atomic mass is 16.5. The average Bonchev–Trinajstić information content (AvgIpc) is 2.88. The monoisotopic (exact) mass is 249 g/mol. The molecule has 1 aliphatic heterocycles. The lowest BCUT2D eigenvalue weighted by Crippen LogP contribution is -2.21. The van der Waals surface area contributed by atoms with Crippen molar-refractivity contribution in [1.29, 1.82) is 0 Å². The van der Waals surface area contributed by atoms with Crippen molar-refractivity contribution >= 4 is 18.4 Å². The minimum atomic E-state index is 0.331. The molecule has 0 spiro atoms. The smallest absolute Gasteiger partial charge is 0.221 e. The van der Waals surface area contributed by atoms with Crippen molar-refractivity contribution in [3.05, 3.63) is 12.4 Å². The molecular weight excluding hydrogens is 230 g/mol. The second-order valence-corrected chi connectivity index (χ2v) is 4.16. The van der Waals surface area contributed by atoms with E-state index in [0.29, 0.717) is 18.5 Å². The van der Waals surface area contributed by atoms with E-state index in [2.05, 4.69) is 27.1 Å². The number of nitrogens with zero attached hydrogens (tertiary/aromatic N) is 4. The Morgan fingerprint density at radius 1 is 1.72 bits per heavy atom. The van der Waals surface area contributed by atoms with Crippen molar-refractivity contribution in [3.63, 3.8) is 0 Å². The highest BCUT2D eigenvalue weighted by Crippen LogP contribution is 2.20. The van der Waals surface area contributed by atoms with Crippen LogP contribution in [0.4, 0.5) is 5.69 Å². The summed E-state index contributed by atoms with van der Waals surface area (Å²) in [4.78, 5) is 8.00. The van der Waals surface area contributed by atoms with Crippen molar-refractivity contribution < 1.29 is 4.74 Å². The quantitative estimate of drug-likeness (QED) is 0.655. The first-order valence-electron chi connectivity index (χ1n) is 6.23. The van der Waals surface area contributed by atoms with E-state index in [1.165, 1.54) is 0 Å². The fourth-order valence-corrected chi connectivity index (χ4v) is 1.94. The number of aromatic nitrogens is 2. The highest BCUT2D eigenvalue weighted by Gasteiger charge is 2.16. The predicted octanol–water partition coefficient (Wildman–Crippen LogP) is 1.72. The van der Waals surface area contributed by atoms with Gasteiger partial charge in [0.05, 0.1) is 24.5 Å². The fraction of sp³-hybridized carbons (Fsp3) is 0.583. The van der Waals surface area contributed by atoms with Crippen LogP contribution in [0.2, 0.25) is 0 Å². The molecule has 1 aliphatic rings. The molecule has 2 heterocycles. The number of hydrogen-bond acceptors (Lipinski definition) is 3. The van der Waals surface area contributed by atoms with Crippen LogP contribution in [0.1, 0.15) is 25.8 Å². The van der Waals surface area contributed by atoms with Crippen LogP contribution in [0.15, 0.2) is 22.4 Å². The van der Waals surface area contributed by atoms with Crippen molar-refractivity contribution in [2.75, 3.05) is 25.1 Å². The number of hydrogen-bond donors (Lipinski definition) is 1. The van der Waals surface area contributed by atoms with E-state index in [-0.39, 0.29) is 0 Å². The van der Waals surface area contributed by atoms with Gasteiger partial charge in [0.1, 0.15) is 0 Å². The van der Waals surface area contributed by atoms with E-state index in [1.54, 1.807) is 6.20 Å². The molecule has 1 saturated heterocycles. The summed E-state index contributed by atoms with van der Waals surface area (Å²) in [5, 5.41) is 7.43. The van der Waals surface area contributed by atoms with Crippen molar-refractivity contribution in [1.82, 2.24) is 9.78 Å². The predicted molar refractivity (Wildman–Crippen MR) is 72.5 cm³/mol. The van der Waals surface area contributed by atoms with E-state index >= 15 is 0 Å². The van der Waals surface area contributed by atoms with Gasteiger partial charge in [0.25, 0.3) is 0 Å². The van der Waals surface area contributed by atoms with Crippen LogP contribution in [0.3, 0.4) is 0 Å². The zero-order chi connectivity index (χ0) is 12.8. The van der Waals surface area contributed by atoms with E-state index < -0.39 is 0 Å². The number of rotatable bonds is 3. The lowest BCUT2D eigenvalue weighted by molar-refractivity contribution is 0.0549. The second-order valence-electron chi connectivity index (χ2n) is 4.16. The van der Waals surface area contributed by atoms with E-state index in [1.807, 2.05) is 17.8 Å². The molecule has 0 aliphatic carbocycles. The van der Waals surface area contributed by atoms with Gasteiger partial charge in [0, 0.05) is 19.3 Å². The molecule has 6 nitrogen and oxygen atoms in total. The van der Waals surface area contributed by atoms with Gasteiger partial charge in [-0.3, -0.25) is 9.67 Å². The van der Waals surface area contributed by atoms with Gasteiger partial charge in [-0.2, -0.15) is 5.10 Å². The highest BCUT2D eigenvalue weighted by molar-refractivity contribution is 5.96. The van der Waals surface area contributed by atoms with Gasteiger partial charge in [-0.05, 0) is 26.5 Å². The van der Waals surface area contributed by atoms with Crippen LogP contribution in [-0.2, 0) is 4.74 Å². The van der Waals surface area contributed by atoms with Crippen molar-refractivity contribution in [2.45, 2.75) is 25.8 Å². The molecule has 6 heteroatoms. The molecule has 1 atom stereocenters. The van der Waals surface area contributed by atoms with Gasteiger partial charge in [-0.15, -0.1) is 0 Å². The zero-order valence-corrected chi connectivity index (χ0v) is 10.7. The van der Waals surface area contributed by atoms with Crippen molar-refractivity contribution in [2.24, 2.45) is 9.98 Å². The zero-order valence-electron chi connectivity index (χ0n) is 10.7. The number of anilines is 1. The Hall–Kier alpha value is -1.69. The number of nitrogens with one attached hydrogen (secondary N) is 1. The van der Waals surface area contributed by atoms with Crippen molar-refractivity contribution in [3.8, 4) is 0 Å². The third-order valence-electron chi connectivity index (χ3n) is 2.83. The van der Waals surface area contributed by atoms with Gasteiger partial charge in [-0.25, -0.2) is 4.99 Å². The van der Waals surface area contributed by atoms with Crippen LogP contribution in [0.5, 0.6) is 0 Å². The molecule has 2 rings (SSSR count). The second kappa shape index (κ2) is 6.30. The first kappa shape index (κ1) is 12.8. The molecule has 1 fully saturated rings. The Morgan fingerprint density at radius 2 is 2.61 bits per heavy atom. The maximum atomic E-state index is 5.45. The lowest BCUT2D eigenvalue weighted by Gasteiger charge is -2.22. The lowest BCUT2D eigenvalue weighted by atomic mass is 10.1. The number of aliphatic imine (C=N–C) groups is 2. The van der Waals surface area contributed by atoms with Crippen LogP contribution >= 0.6 is 0 Å². The number of ether oxygens (including phenoxy) is 1. The Bertz CT molecular complexity index is 420. The summed E-state index contributed by atoms with van der Waals surface area (Å²) in [5.74, 6) is 0.525. The molecule has 0 radical (unpaired) electrons. The third kappa shape index (κ3) is 3.16. The van der Waals surface area contributed by atoms with Gasteiger partial charge in [0.2, 0.25) is 5.96 Å². The molecule has 0 bridgehead atoms. The Morgan fingerprint density at radius 3 is 3.28 bits per heavy atom. The molecule has 0 aromatic carbocycles. The first-order chi connectivity index (χ1) is 8.83. The van der Waals surface area contributed by atoms with E-state index in [9.17, 15) is 0 Å². The van der Waals surface area contributed by atoms with Crippen LogP contribution in [0, 0.1) is 0 Å². The molecule has 18 heavy (non-hydrogen) atoms. The number of guanidine groups is 1. The van der Waals surface area contributed by atoms with Crippen LogP contribution in [0.25, 0.3) is 0 Å². The summed E-state index contributed by atoms with van der Waals surface area (Å²) in [6.45, 7) is 7.70. The van der Waals surface area contributed by atoms with Crippen LogP contribution < -0.4 is 5.32 Å². The molecular formula is C12H19N5O. The first-order valence-corrected chi connectivity index (χ1v) is 6.23. The van der Waals surface area contributed by atoms with E-state index in [0.717, 1.165) is 31.7 Å². The minimum absolute atomic E-state index is 0.331. The van der Waals surface area contributed by atoms with E-state index in [4.69, 9.17) is 4.74 Å². The Labute approximate surface area is 107 Å². The van der Waals surface area contributed by atoms with Gasteiger partial charge in [-0.1, -0.05) is 0 Å². The summed E-state index contributed by atoms with van der Waals surface area (Å²) in [7, 11) is 0. The Kier molecular flexibility index (Phi) is 4.46. The average molecular weight is 249 g/mol. The minimum Gasteiger partial charge on any atom is -0.379 e. The summed E-state index contributed by atoms with van der Waals surface area (Å²) >= 11 is 0. The third-order valence-corrected chi connectivity index (χ3v) is 2.83.